The van der Waals surface area contributed by atoms with Crippen molar-refractivity contribution in [2.45, 2.75) is 10.1 Å². The molecule has 1 atom stereocenters. The van der Waals surface area contributed by atoms with Gasteiger partial charge in [0.2, 0.25) is 5.91 Å². The molecule has 3 amide bonds. The third kappa shape index (κ3) is 6.16. The number of para-hydroxylation sites is 1. The Balaban J connectivity index is 1.42. The fourth-order valence-electron chi connectivity index (χ4n) is 4.60. The summed E-state index contributed by atoms with van der Waals surface area (Å²) in [6.45, 7) is 0. The highest BCUT2D eigenvalue weighted by atomic mass is 32.2. The smallest absolute Gasteiger partial charge is 0.336 e. The van der Waals surface area contributed by atoms with Gasteiger partial charge in [-0.15, -0.1) is 11.8 Å². The van der Waals surface area contributed by atoms with E-state index in [1.807, 2.05) is 36.4 Å². The van der Waals surface area contributed by atoms with E-state index in [2.05, 4.69) is 10.6 Å². The number of anilines is 2. The van der Waals surface area contributed by atoms with Gasteiger partial charge in [0.15, 0.2) is 0 Å². The number of hydrogen-bond donors (Lipinski definition) is 4. The number of hydrogen-bond acceptors (Lipinski definition) is 5. The molecule has 0 fully saturated rings. The first kappa shape index (κ1) is 28.1. The predicted octanol–water partition coefficient (Wildman–Crippen LogP) is 6.36. The molecule has 5 rings (SSSR count). The highest BCUT2D eigenvalue weighted by Gasteiger charge is 2.24. The number of primary amides is 1. The second-order valence-corrected chi connectivity index (χ2v) is 10.5. The van der Waals surface area contributed by atoms with E-state index >= 15 is 0 Å². The van der Waals surface area contributed by atoms with Crippen molar-refractivity contribution < 1.29 is 24.3 Å². The molecule has 5 aromatic carbocycles. The van der Waals surface area contributed by atoms with Crippen molar-refractivity contribution in [3.63, 3.8) is 0 Å². The summed E-state index contributed by atoms with van der Waals surface area (Å²) in [4.78, 5) is 51.3. The number of carboxylic acid groups (broad SMARTS) is 1. The number of thioether (sulfide) groups is 1. The summed E-state index contributed by atoms with van der Waals surface area (Å²) in [6.07, 6.45) is 0. The maximum absolute atomic E-state index is 13.5. The van der Waals surface area contributed by atoms with Crippen LogP contribution in [0.1, 0.15) is 41.9 Å². The van der Waals surface area contributed by atoms with Gasteiger partial charge in [0.25, 0.3) is 11.8 Å². The van der Waals surface area contributed by atoms with Crippen molar-refractivity contribution in [2.24, 2.45) is 5.73 Å². The summed E-state index contributed by atoms with van der Waals surface area (Å²) in [5.74, 6) is -2.59. The molecule has 0 aliphatic carbocycles. The van der Waals surface area contributed by atoms with Gasteiger partial charge in [0, 0.05) is 21.5 Å². The number of carboxylic acids is 1. The molecule has 0 bridgehead atoms. The van der Waals surface area contributed by atoms with Crippen LogP contribution < -0.4 is 16.4 Å². The quantitative estimate of drug-likeness (QED) is 0.151. The van der Waals surface area contributed by atoms with E-state index < -0.39 is 23.0 Å². The topological polar surface area (TPSA) is 139 Å². The Morgan fingerprint density at radius 1 is 0.690 bits per heavy atom. The van der Waals surface area contributed by atoms with Crippen LogP contribution in [0.2, 0.25) is 0 Å². The Kier molecular flexibility index (Phi) is 8.31. The van der Waals surface area contributed by atoms with E-state index in [1.54, 1.807) is 72.8 Å². The average molecular weight is 576 g/mol. The molecule has 0 radical (unpaired) electrons. The van der Waals surface area contributed by atoms with Crippen LogP contribution in [-0.2, 0) is 4.79 Å². The average Bonchev–Trinajstić information content (AvgIpc) is 3.00. The molecule has 208 valence electrons. The van der Waals surface area contributed by atoms with Gasteiger partial charge in [-0.1, -0.05) is 72.8 Å². The number of aromatic carboxylic acids is 1. The first-order chi connectivity index (χ1) is 20.3. The summed E-state index contributed by atoms with van der Waals surface area (Å²) in [5.41, 5.74) is 7.49. The van der Waals surface area contributed by atoms with Crippen LogP contribution in [0.25, 0.3) is 10.8 Å². The van der Waals surface area contributed by atoms with E-state index in [1.165, 1.54) is 17.8 Å². The Morgan fingerprint density at radius 2 is 1.33 bits per heavy atom. The van der Waals surface area contributed by atoms with Crippen LogP contribution in [0.5, 0.6) is 0 Å². The summed E-state index contributed by atoms with van der Waals surface area (Å²) in [5, 5.41) is 15.7. The normalized spacial score (nSPS) is 11.4. The van der Waals surface area contributed by atoms with Crippen LogP contribution in [0.3, 0.4) is 0 Å². The van der Waals surface area contributed by atoms with E-state index in [0.717, 1.165) is 5.56 Å². The van der Waals surface area contributed by atoms with E-state index in [-0.39, 0.29) is 22.6 Å². The van der Waals surface area contributed by atoms with Crippen molar-refractivity contribution in [3.8, 4) is 0 Å². The van der Waals surface area contributed by atoms with E-state index in [4.69, 9.17) is 5.73 Å². The van der Waals surface area contributed by atoms with Gasteiger partial charge in [0.1, 0.15) is 5.25 Å². The lowest BCUT2D eigenvalue weighted by molar-refractivity contribution is -0.115. The lowest BCUT2D eigenvalue weighted by Gasteiger charge is -2.18. The van der Waals surface area contributed by atoms with E-state index in [0.29, 0.717) is 27.0 Å². The molecular formula is C33H25N3O5S. The molecule has 0 spiro atoms. The zero-order chi connectivity index (χ0) is 29.6. The highest BCUT2D eigenvalue weighted by molar-refractivity contribution is 8.00. The van der Waals surface area contributed by atoms with Gasteiger partial charge in [-0.25, -0.2) is 4.79 Å². The lowest BCUT2D eigenvalue weighted by Crippen LogP contribution is -2.22. The maximum atomic E-state index is 13.5. The second kappa shape index (κ2) is 12.4. The van der Waals surface area contributed by atoms with Crippen molar-refractivity contribution in [2.75, 3.05) is 10.6 Å². The molecule has 0 aliphatic rings. The van der Waals surface area contributed by atoms with Crippen LogP contribution in [0.4, 0.5) is 11.4 Å². The van der Waals surface area contributed by atoms with Gasteiger partial charge < -0.3 is 21.5 Å². The third-order valence-corrected chi connectivity index (χ3v) is 7.76. The van der Waals surface area contributed by atoms with Gasteiger partial charge >= 0.3 is 5.97 Å². The summed E-state index contributed by atoms with van der Waals surface area (Å²) in [7, 11) is 0. The zero-order valence-electron chi connectivity index (χ0n) is 22.1. The SMILES string of the molecule is NC(=O)c1ccccc1NC(=O)C(Sc1cccc(NC(=O)c2cccc3cccc(C(=O)O)c23)c1)c1ccccc1. The summed E-state index contributed by atoms with van der Waals surface area (Å²) >= 11 is 1.27. The number of carbonyl (C=O) groups is 4. The molecule has 0 aliphatic heterocycles. The standard InChI is InChI=1S/C33H25N3O5S/c34-30(37)24-15-4-5-18-27(24)36-32(39)29(21-9-2-1-3-10-21)42-23-14-8-13-22(19-23)35-31(38)25-16-6-11-20-12-7-17-26(28(20)25)33(40)41/h1-19,29H,(H2,34,37)(H,35,38)(H,36,39)(H,40,41). The van der Waals surface area contributed by atoms with Crippen molar-refractivity contribution in [3.05, 3.63) is 138 Å². The molecule has 8 nitrogen and oxygen atoms in total. The number of nitrogens with one attached hydrogen (secondary N) is 2. The van der Waals surface area contributed by atoms with Gasteiger partial charge in [-0.05, 0) is 53.4 Å². The summed E-state index contributed by atoms with van der Waals surface area (Å²) < 4.78 is 0. The fourth-order valence-corrected chi connectivity index (χ4v) is 5.68. The number of rotatable bonds is 9. The third-order valence-electron chi connectivity index (χ3n) is 6.52. The summed E-state index contributed by atoms with van der Waals surface area (Å²) in [6, 6.07) is 32.7. The molecule has 5 N–H and O–H groups in total. The Hall–Kier alpha value is -5.41. The molecule has 9 heteroatoms. The number of fused-ring (bicyclic) bond motifs is 1. The van der Waals surface area contributed by atoms with Gasteiger partial charge in [0.05, 0.1) is 16.8 Å². The molecule has 42 heavy (non-hydrogen) atoms. The predicted molar refractivity (Wildman–Crippen MR) is 164 cm³/mol. The van der Waals surface area contributed by atoms with Gasteiger partial charge in [-0.2, -0.15) is 0 Å². The lowest BCUT2D eigenvalue weighted by atomic mass is 9.98. The molecule has 0 saturated carbocycles. The largest absolute Gasteiger partial charge is 0.478 e. The Bertz CT molecular complexity index is 1820. The first-order valence-corrected chi connectivity index (χ1v) is 13.8. The van der Waals surface area contributed by atoms with Gasteiger partial charge in [-0.3, -0.25) is 14.4 Å². The Morgan fingerprint density at radius 3 is 2.05 bits per heavy atom. The fraction of sp³-hybridized carbons (Fsp3) is 0.0303. The zero-order valence-corrected chi connectivity index (χ0v) is 22.9. The molecule has 0 heterocycles. The number of carbonyl (C=O) groups excluding carboxylic acids is 3. The molecule has 0 aromatic heterocycles. The monoisotopic (exact) mass is 575 g/mol. The number of benzene rings is 5. The molecule has 5 aromatic rings. The first-order valence-electron chi connectivity index (χ1n) is 12.9. The molecular weight excluding hydrogens is 550 g/mol. The maximum Gasteiger partial charge on any atom is 0.336 e. The van der Waals surface area contributed by atoms with Crippen LogP contribution in [0, 0.1) is 0 Å². The van der Waals surface area contributed by atoms with Crippen LogP contribution >= 0.6 is 11.8 Å². The minimum Gasteiger partial charge on any atom is -0.478 e. The van der Waals surface area contributed by atoms with Crippen LogP contribution in [0.15, 0.2) is 120 Å². The van der Waals surface area contributed by atoms with E-state index in [9.17, 15) is 24.3 Å². The van der Waals surface area contributed by atoms with Crippen molar-refractivity contribution in [1.29, 1.82) is 0 Å². The van der Waals surface area contributed by atoms with Crippen molar-refractivity contribution >= 4 is 57.6 Å². The minimum absolute atomic E-state index is 0.0391. The van der Waals surface area contributed by atoms with Crippen molar-refractivity contribution in [1.82, 2.24) is 0 Å². The number of amides is 3. The Labute approximate surface area is 245 Å². The second-order valence-electron chi connectivity index (χ2n) is 9.30. The highest BCUT2D eigenvalue weighted by Crippen LogP contribution is 2.37. The molecule has 0 saturated heterocycles. The number of nitrogens with two attached hydrogens (primary N) is 1. The van der Waals surface area contributed by atoms with Crippen LogP contribution in [-0.4, -0.2) is 28.8 Å². The minimum atomic E-state index is -1.12. The molecule has 1 unspecified atom stereocenters.